The van der Waals surface area contributed by atoms with Gasteiger partial charge in [-0.2, -0.15) is 23.7 Å². The molecule has 0 heterocycles. The average Bonchev–Trinajstić information content (AvgIpc) is 2.50. The van der Waals surface area contributed by atoms with Crippen LogP contribution in [0.25, 0.3) is 0 Å². The molecule has 8 heteroatoms. The van der Waals surface area contributed by atoms with Gasteiger partial charge in [0, 0.05) is 6.07 Å². The fourth-order valence-corrected chi connectivity index (χ4v) is 1.76. The van der Waals surface area contributed by atoms with Crippen LogP contribution in [-0.4, -0.2) is 10.2 Å². The van der Waals surface area contributed by atoms with Crippen molar-refractivity contribution >= 4 is 0 Å². The number of benzene rings is 2. The number of halogens is 3. The summed E-state index contributed by atoms with van der Waals surface area (Å²) in [7, 11) is 0. The molecular formula is C15H7F3N2O3. The van der Waals surface area contributed by atoms with Crippen molar-refractivity contribution in [3.05, 3.63) is 47.0 Å². The number of hydrogen-bond acceptors (Lipinski definition) is 5. The molecule has 0 bridgehead atoms. The second-order valence-corrected chi connectivity index (χ2v) is 4.34. The minimum Gasteiger partial charge on any atom is -0.504 e. The van der Waals surface area contributed by atoms with E-state index in [1.807, 2.05) is 0 Å². The molecule has 0 aliphatic heterocycles. The molecule has 2 aromatic rings. The average molecular weight is 320 g/mol. The van der Waals surface area contributed by atoms with Gasteiger partial charge < -0.3 is 14.9 Å². The Labute approximate surface area is 128 Å². The Morgan fingerprint density at radius 2 is 1.61 bits per heavy atom. The van der Waals surface area contributed by atoms with Crippen molar-refractivity contribution in [3.8, 4) is 35.1 Å². The van der Waals surface area contributed by atoms with Crippen LogP contribution in [0.2, 0.25) is 0 Å². The van der Waals surface area contributed by atoms with Crippen molar-refractivity contribution in [2.75, 3.05) is 0 Å². The van der Waals surface area contributed by atoms with Crippen molar-refractivity contribution in [2.45, 2.75) is 6.18 Å². The maximum absolute atomic E-state index is 12.5. The Kier molecular flexibility index (Phi) is 4.02. The van der Waals surface area contributed by atoms with E-state index < -0.39 is 28.8 Å². The zero-order valence-electron chi connectivity index (χ0n) is 11.2. The molecule has 0 aliphatic rings. The lowest BCUT2D eigenvalue weighted by Gasteiger charge is -2.12. The fourth-order valence-electron chi connectivity index (χ4n) is 1.76. The van der Waals surface area contributed by atoms with Crippen LogP contribution < -0.4 is 4.74 Å². The maximum Gasteiger partial charge on any atom is 0.416 e. The van der Waals surface area contributed by atoms with Gasteiger partial charge in [-0.05, 0) is 24.3 Å². The van der Waals surface area contributed by atoms with Crippen molar-refractivity contribution in [1.29, 1.82) is 10.5 Å². The van der Waals surface area contributed by atoms with E-state index in [9.17, 15) is 23.4 Å². The Morgan fingerprint density at radius 3 is 2.09 bits per heavy atom. The van der Waals surface area contributed by atoms with Crippen LogP contribution in [-0.2, 0) is 6.18 Å². The largest absolute Gasteiger partial charge is 0.504 e. The minimum atomic E-state index is -4.51. The van der Waals surface area contributed by atoms with Crippen LogP contribution in [0, 0.1) is 22.7 Å². The normalized spacial score (nSPS) is 10.7. The van der Waals surface area contributed by atoms with E-state index in [1.165, 1.54) is 0 Å². The summed E-state index contributed by atoms with van der Waals surface area (Å²) in [5, 5.41) is 37.1. The van der Waals surface area contributed by atoms with E-state index >= 15 is 0 Å². The summed E-state index contributed by atoms with van der Waals surface area (Å²) < 4.78 is 42.7. The van der Waals surface area contributed by atoms with Gasteiger partial charge in [0.05, 0.1) is 11.1 Å². The standard InChI is InChI=1S/C15H7F3N2O3/c16-15(17,18)9-1-3-10(4-2-9)23-14-8(6-19)5-12(21)13(22)11(14)7-20/h1-5,21-22H. The molecule has 2 aromatic carbocycles. The maximum atomic E-state index is 12.5. The number of nitriles is 2. The number of rotatable bonds is 2. The highest BCUT2D eigenvalue weighted by molar-refractivity contribution is 5.65. The molecule has 0 fully saturated rings. The molecule has 2 rings (SSSR count). The Morgan fingerprint density at radius 1 is 1.00 bits per heavy atom. The quantitative estimate of drug-likeness (QED) is 0.823. The van der Waals surface area contributed by atoms with Gasteiger partial charge in [-0.3, -0.25) is 0 Å². The van der Waals surface area contributed by atoms with E-state index in [4.69, 9.17) is 15.3 Å². The highest BCUT2D eigenvalue weighted by Gasteiger charge is 2.30. The lowest BCUT2D eigenvalue weighted by molar-refractivity contribution is -0.137. The molecule has 2 N–H and O–H groups in total. The van der Waals surface area contributed by atoms with Crippen molar-refractivity contribution in [1.82, 2.24) is 0 Å². The number of alkyl halides is 3. The number of phenols is 2. The van der Waals surface area contributed by atoms with E-state index in [0.29, 0.717) is 0 Å². The molecule has 0 aliphatic carbocycles. The molecule has 0 unspecified atom stereocenters. The number of nitrogens with zero attached hydrogens (tertiary/aromatic N) is 2. The molecule has 0 saturated carbocycles. The zero-order valence-corrected chi connectivity index (χ0v) is 11.2. The molecule has 23 heavy (non-hydrogen) atoms. The highest BCUT2D eigenvalue weighted by Crippen LogP contribution is 2.40. The van der Waals surface area contributed by atoms with Crippen molar-refractivity contribution < 1.29 is 28.1 Å². The molecule has 0 amide bonds. The van der Waals surface area contributed by atoms with Crippen LogP contribution in [0.3, 0.4) is 0 Å². The third-order valence-electron chi connectivity index (χ3n) is 2.87. The summed E-state index contributed by atoms with van der Waals surface area (Å²) in [5.74, 6) is -1.90. The van der Waals surface area contributed by atoms with Gasteiger partial charge in [0.15, 0.2) is 17.2 Å². The first kappa shape index (κ1) is 16.0. The van der Waals surface area contributed by atoms with Crippen LogP contribution in [0.4, 0.5) is 13.2 Å². The second-order valence-electron chi connectivity index (χ2n) is 4.34. The number of phenolic OH excluding ortho intramolecular Hbond substituents is 2. The SMILES string of the molecule is N#Cc1cc(O)c(O)c(C#N)c1Oc1ccc(C(F)(F)F)cc1. The predicted octanol–water partition coefficient (Wildman–Crippen LogP) is 3.65. The van der Waals surface area contributed by atoms with Gasteiger partial charge in [-0.1, -0.05) is 0 Å². The van der Waals surface area contributed by atoms with Gasteiger partial charge in [-0.25, -0.2) is 0 Å². The summed E-state index contributed by atoms with van der Waals surface area (Å²) in [5.41, 5.74) is -1.64. The summed E-state index contributed by atoms with van der Waals surface area (Å²) in [4.78, 5) is 0. The van der Waals surface area contributed by atoms with Gasteiger partial charge in [0.25, 0.3) is 0 Å². The first-order chi connectivity index (χ1) is 10.8. The summed E-state index contributed by atoms with van der Waals surface area (Å²) in [6.45, 7) is 0. The third-order valence-corrected chi connectivity index (χ3v) is 2.87. The summed E-state index contributed by atoms with van der Waals surface area (Å²) in [6.07, 6.45) is -4.51. The smallest absolute Gasteiger partial charge is 0.416 e. The first-order valence-corrected chi connectivity index (χ1v) is 6.02. The lowest BCUT2D eigenvalue weighted by atomic mass is 10.1. The third kappa shape index (κ3) is 3.11. The topological polar surface area (TPSA) is 97.3 Å². The van der Waals surface area contributed by atoms with Gasteiger partial charge >= 0.3 is 6.18 Å². The minimum absolute atomic E-state index is 0.0731. The lowest BCUT2D eigenvalue weighted by Crippen LogP contribution is -2.04. The van der Waals surface area contributed by atoms with E-state index in [-0.39, 0.29) is 17.1 Å². The molecule has 0 aromatic heterocycles. The summed E-state index contributed by atoms with van der Waals surface area (Å²) in [6, 6.07) is 7.68. The molecule has 0 spiro atoms. The summed E-state index contributed by atoms with van der Waals surface area (Å²) >= 11 is 0. The van der Waals surface area contributed by atoms with Crippen LogP contribution >= 0.6 is 0 Å². The molecule has 116 valence electrons. The molecule has 5 nitrogen and oxygen atoms in total. The number of aromatic hydroxyl groups is 2. The number of ether oxygens (including phenoxy) is 1. The van der Waals surface area contributed by atoms with Gasteiger partial charge in [0.1, 0.15) is 23.5 Å². The monoisotopic (exact) mass is 320 g/mol. The fraction of sp³-hybridized carbons (Fsp3) is 0.0667. The van der Waals surface area contributed by atoms with Crippen molar-refractivity contribution in [2.24, 2.45) is 0 Å². The highest BCUT2D eigenvalue weighted by atomic mass is 19.4. The van der Waals surface area contributed by atoms with Crippen LogP contribution in [0.15, 0.2) is 30.3 Å². The molecule has 0 radical (unpaired) electrons. The van der Waals surface area contributed by atoms with E-state index in [1.54, 1.807) is 12.1 Å². The van der Waals surface area contributed by atoms with E-state index in [2.05, 4.69) is 0 Å². The molecular weight excluding hydrogens is 313 g/mol. The van der Waals surface area contributed by atoms with E-state index in [0.717, 1.165) is 30.3 Å². The Bertz CT molecular complexity index is 832. The Balaban J connectivity index is 2.47. The molecule has 0 atom stereocenters. The number of hydrogen-bond donors (Lipinski definition) is 2. The van der Waals surface area contributed by atoms with Gasteiger partial charge in [-0.15, -0.1) is 0 Å². The molecule has 0 saturated heterocycles. The van der Waals surface area contributed by atoms with Crippen LogP contribution in [0.1, 0.15) is 16.7 Å². The van der Waals surface area contributed by atoms with Crippen LogP contribution in [0.5, 0.6) is 23.0 Å². The first-order valence-electron chi connectivity index (χ1n) is 6.02. The van der Waals surface area contributed by atoms with Crippen molar-refractivity contribution in [3.63, 3.8) is 0 Å². The zero-order chi connectivity index (χ0) is 17.2. The van der Waals surface area contributed by atoms with Gasteiger partial charge in [0.2, 0.25) is 0 Å². The Hall–Kier alpha value is -3.39. The predicted molar refractivity (Wildman–Crippen MR) is 70.7 cm³/mol. The second kappa shape index (κ2) is 5.78.